The number of aliphatic hydroxyl groups excluding tert-OH is 1. The van der Waals surface area contributed by atoms with Gasteiger partial charge in [0, 0.05) is 36.8 Å². The molecule has 1 aliphatic carbocycles. The Hall–Kier alpha value is -2.71. The normalized spacial score (nSPS) is 22.1. The summed E-state index contributed by atoms with van der Waals surface area (Å²) in [6.45, 7) is 3.09. The van der Waals surface area contributed by atoms with Gasteiger partial charge in [-0.05, 0) is 49.4 Å². The molecule has 8 heteroatoms. The maximum Gasteiger partial charge on any atom is 0.219 e. The van der Waals surface area contributed by atoms with Crippen molar-refractivity contribution in [2.75, 3.05) is 18.4 Å². The Morgan fingerprint density at radius 1 is 1.23 bits per heavy atom. The Kier molecular flexibility index (Phi) is 5.04. The molecule has 1 aromatic carbocycles. The Balaban J connectivity index is 1.52. The largest absolute Gasteiger partial charge is 0.473 e. The van der Waals surface area contributed by atoms with Crippen LogP contribution in [0.15, 0.2) is 30.5 Å². The fourth-order valence-electron chi connectivity index (χ4n) is 4.21. The summed E-state index contributed by atoms with van der Waals surface area (Å²) in [5, 5.41) is 20.9. The zero-order chi connectivity index (χ0) is 20.7. The van der Waals surface area contributed by atoms with E-state index in [0.29, 0.717) is 42.8 Å². The van der Waals surface area contributed by atoms with Crippen LogP contribution in [0.2, 0.25) is 0 Å². The third kappa shape index (κ3) is 3.85. The zero-order valence-electron chi connectivity index (χ0n) is 16.9. The van der Waals surface area contributed by atoms with Crippen LogP contribution in [-0.2, 0) is 0 Å². The number of aliphatic hydroxyl groups is 1. The van der Waals surface area contributed by atoms with Gasteiger partial charge >= 0.3 is 0 Å². The molecule has 2 aliphatic rings. The van der Waals surface area contributed by atoms with E-state index in [1.807, 2.05) is 19.2 Å². The van der Waals surface area contributed by atoms with Crippen molar-refractivity contribution in [1.29, 1.82) is 0 Å². The lowest BCUT2D eigenvalue weighted by molar-refractivity contribution is 0.0637. The molecule has 5 rings (SSSR count). The van der Waals surface area contributed by atoms with Crippen molar-refractivity contribution >= 4 is 17.2 Å². The van der Waals surface area contributed by atoms with Gasteiger partial charge in [0.15, 0.2) is 5.65 Å². The molecule has 1 saturated heterocycles. The molecule has 0 spiro atoms. The molecule has 1 saturated carbocycles. The van der Waals surface area contributed by atoms with Gasteiger partial charge < -0.3 is 20.5 Å². The number of aromatic nitrogens is 3. The molecule has 30 heavy (non-hydrogen) atoms. The Labute approximate surface area is 174 Å². The lowest BCUT2D eigenvalue weighted by atomic mass is 9.81. The average Bonchev–Trinajstić information content (AvgIpc) is 3.03. The Bertz CT molecular complexity index is 1040. The molecular formula is C22H26FN5O2. The molecule has 1 aliphatic heterocycles. The number of nitrogens with zero attached hydrogens (tertiary/aromatic N) is 3. The van der Waals surface area contributed by atoms with E-state index in [1.54, 1.807) is 10.6 Å². The molecule has 3 heterocycles. The lowest BCUT2D eigenvalue weighted by Gasteiger charge is -2.27. The van der Waals surface area contributed by atoms with Gasteiger partial charge in [0.05, 0.1) is 12.3 Å². The van der Waals surface area contributed by atoms with E-state index >= 15 is 0 Å². The van der Waals surface area contributed by atoms with Crippen LogP contribution in [0.4, 0.5) is 15.9 Å². The first-order valence-electron chi connectivity index (χ1n) is 10.5. The number of nitrogens with one attached hydrogen (secondary N) is 2. The molecule has 0 bridgehead atoms. The van der Waals surface area contributed by atoms with Crippen LogP contribution in [0.5, 0.6) is 5.88 Å². The van der Waals surface area contributed by atoms with E-state index in [0.717, 1.165) is 29.6 Å². The summed E-state index contributed by atoms with van der Waals surface area (Å²) in [7, 11) is 0. The van der Waals surface area contributed by atoms with Gasteiger partial charge in [-0.15, -0.1) is 0 Å². The molecule has 2 aromatic heterocycles. The maximum absolute atomic E-state index is 13.9. The highest BCUT2D eigenvalue weighted by atomic mass is 19.1. The Morgan fingerprint density at radius 2 is 2.10 bits per heavy atom. The molecule has 158 valence electrons. The quantitative estimate of drug-likeness (QED) is 0.598. The number of hydrogen-bond donors (Lipinski definition) is 3. The lowest BCUT2D eigenvalue weighted by Crippen LogP contribution is -2.44. The van der Waals surface area contributed by atoms with Gasteiger partial charge in [0.2, 0.25) is 5.88 Å². The molecule has 0 unspecified atom stereocenters. The number of aryl methyl sites for hydroxylation is 1. The van der Waals surface area contributed by atoms with Crippen LogP contribution in [0.3, 0.4) is 0 Å². The summed E-state index contributed by atoms with van der Waals surface area (Å²) in [5.74, 6) is 1.31. The average molecular weight is 411 g/mol. The van der Waals surface area contributed by atoms with E-state index in [9.17, 15) is 9.50 Å². The minimum Gasteiger partial charge on any atom is -0.473 e. The number of ether oxygens (including phenoxy) is 1. The number of β-amino-alcohol motifs (C(OH)–C–C–N with tert-alkyl or cyclic N) is 1. The van der Waals surface area contributed by atoms with Crippen molar-refractivity contribution < 1.29 is 14.2 Å². The Morgan fingerprint density at radius 3 is 2.83 bits per heavy atom. The number of halogens is 1. The number of benzene rings is 1. The molecule has 2 atom stereocenters. The second kappa shape index (κ2) is 7.85. The number of fused-ring (bicyclic) bond motifs is 1. The van der Waals surface area contributed by atoms with Crippen LogP contribution in [0, 0.1) is 12.7 Å². The molecule has 0 amide bonds. The molecular weight excluding hydrogens is 385 g/mol. The number of rotatable bonds is 5. The van der Waals surface area contributed by atoms with E-state index < -0.39 is 6.10 Å². The highest BCUT2D eigenvalue weighted by molar-refractivity contribution is 5.63. The predicted octanol–water partition coefficient (Wildman–Crippen LogP) is 3.29. The smallest absolute Gasteiger partial charge is 0.219 e. The van der Waals surface area contributed by atoms with Gasteiger partial charge in [-0.1, -0.05) is 6.42 Å². The standard InChI is InChI=1S/C22H26FN5O2/c1-13-5-15(23)7-16(6-13)26-20-9-21(30-18-8-17(29)10-24-11-18)27-22-19(12-25-28(20)22)14-3-2-4-14/h5-7,9,12,14,17-18,24,26,29H,2-4,8,10-11H2,1H3/t17-,18-/m1/s1. The third-order valence-electron chi connectivity index (χ3n) is 5.91. The first-order chi connectivity index (χ1) is 14.5. The summed E-state index contributed by atoms with van der Waals surface area (Å²) in [6, 6.07) is 6.61. The van der Waals surface area contributed by atoms with Gasteiger partial charge in [-0.25, -0.2) is 4.39 Å². The van der Waals surface area contributed by atoms with Crippen LogP contribution in [0.25, 0.3) is 5.65 Å². The van der Waals surface area contributed by atoms with Gasteiger partial charge in [-0.3, -0.25) is 0 Å². The van der Waals surface area contributed by atoms with Crippen molar-refractivity contribution in [3.8, 4) is 5.88 Å². The van der Waals surface area contributed by atoms with E-state index in [2.05, 4.69) is 15.7 Å². The minimum absolute atomic E-state index is 0.164. The highest BCUT2D eigenvalue weighted by Crippen LogP contribution is 2.39. The summed E-state index contributed by atoms with van der Waals surface area (Å²) in [6.07, 6.45) is 5.34. The van der Waals surface area contributed by atoms with Crippen LogP contribution < -0.4 is 15.4 Å². The number of hydrogen-bond acceptors (Lipinski definition) is 6. The minimum atomic E-state index is -0.430. The molecule has 3 N–H and O–H groups in total. The summed E-state index contributed by atoms with van der Waals surface area (Å²) in [5.41, 5.74) is 3.35. The summed E-state index contributed by atoms with van der Waals surface area (Å²) < 4.78 is 21.8. The van der Waals surface area contributed by atoms with Crippen molar-refractivity contribution in [3.05, 3.63) is 47.4 Å². The number of anilines is 2. The van der Waals surface area contributed by atoms with Crippen molar-refractivity contribution in [3.63, 3.8) is 0 Å². The maximum atomic E-state index is 13.9. The fraction of sp³-hybridized carbons (Fsp3) is 0.455. The summed E-state index contributed by atoms with van der Waals surface area (Å²) >= 11 is 0. The second-order valence-electron chi connectivity index (χ2n) is 8.37. The zero-order valence-corrected chi connectivity index (χ0v) is 16.9. The van der Waals surface area contributed by atoms with Crippen LogP contribution in [-0.4, -0.2) is 45.0 Å². The second-order valence-corrected chi connectivity index (χ2v) is 8.37. The first-order valence-corrected chi connectivity index (χ1v) is 10.5. The predicted molar refractivity (Wildman–Crippen MR) is 112 cm³/mol. The van der Waals surface area contributed by atoms with Crippen LogP contribution >= 0.6 is 0 Å². The fourth-order valence-corrected chi connectivity index (χ4v) is 4.21. The first kappa shape index (κ1) is 19.3. The van der Waals surface area contributed by atoms with Crippen molar-refractivity contribution in [1.82, 2.24) is 19.9 Å². The monoisotopic (exact) mass is 411 g/mol. The molecule has 2 fully saturated rings. The number of piperidine rings is 1. The van der Waals surface area contributed by atoms with Crippen LogP contribution in [0.1, 0.15) is 42.7 Å². The van der Waals surface area contributed by atoms with Crippen molar-refractivity contribution in [2.45, 2.75) is 50.7 Å². The molecule has 0 radical (unpaired) electrons. The van der Waals surface area contributed by atoms with E-state index in [-0.39, 0.29) is 11.9 Å². The molecule has 7 nitrogen and oxygen atoms in total. The van der Waals surface area contributed by atoms with Gasteiger partial charge in [0.25, 0.3) is 0 Å². The van der Waals surface area contributed by atoms with E-state index in [1.165, 1.54) is 18.6 Å². The third-order valence-corrected chi connectivity index (χ3v) is 5.91. The summed E-state index contributed by atoms with van der Waals surface area (Å²) in [4.78, 5) is 4.75. The highest BCUT2D eigenvalue weighted by Gasteiger charge is 2.26. The van der Waals surface area contributed by atoms with Gasteiger partial charge in [0.1, 0.15) is 17.7 Å². The SMILES string of the molecule is Cc1cc(F)cc(Nc2cc(O[C@H]3CNC[C@H](O)C3)nc3c(C4CCC4)cnn23)c1. The topological polar surface area (TPSA) is 83.7 Å². The van der Waals surface area contributed by atoms with E-state index in [4.69, 9.17) is 9.72 Å². The van der Waals surface area contributed by atoms with Gasteiger partial charge in [-0.2, -0.15) is 14.6 Å². The van der Waals surface area contributed by atoms with Crippen molar-refractivity contribution in [2.24, 2.45) is 0 Å². The molecule has 3 aromatic rings.